The van der Waals surface area contributed by atoms with Gasteiger partial charge in [-0.2, -0.15) is 0 Å². The van der Waals surface area contributed by atoms with Gasteiger partial charge in [0, 0.05) is 29.7 Å². The topological polar surface area (TPSA) is 61.4 Å². The summed E-state index contributed by atoms with van der Waals surface area (Å²) in [6, 6.07) is 14.2. The number of carbonyl (C=O) groups is 2. The Hall–Kier alpha value is -2.08. The number of anilines is 1. The molecule has 0 bridgehead atoms. The number of nitrogens with zero attached hydrogens (tertiary/aromatic N) is 1. The van der Waals surface area contributed by atoms with Crippen molar-refractivity contribution in [2.45, 2.75) is 18.9 Å². The molecule has 0 saturated carbocycles. The van der Waals surface area contributed by atoms with Crippen LogP contribution in [0.15, 0.2) is 48.5 Å². The van der Waals surface area contributed by atoms with Gasteiger partial charge in [-0.05, 0) is 56.3 Å². The monoisotopic (exact) mass is 407 g/mol. The Balaban J connectivity index is 0.00000261. The number of rotatable bonds is 4. The van der Waals surface area contributed by atoms with Crippen molar-refractivity contribution in [1.82, 2.24) is 10.2 Å². The van der Waals surface area contributed by atoms with E-state index in [0.29, 0.717) is 41.0 Å². The van der Waals surface area contributed by atoms with Crippen molar-refractivity contribution in [2.75, 3.05) is 25.5 Å². The SMILES string of the molecule is CNC1CCN(C(=O)c2ccccc2NC(=O)c2ccc(Cl)cc2)CC1.Cl. The summed E-state index contributed by atoms with van der Waals surface area (Å²) in [4.78, 5) is 27.2. The third-order valence-corrected chi connectivity index (χ3v) is 4.95. The summed E-state index contributed by atoms with van der Waals surface area (Å²) in [5.41, 5.74) is 1.53. The van der Waals surface area contributed by atoms with Crippen molar-refractivity contribution in [3.8, 4) is 0 Å². The van der Waals surface area contributed by atoms with Crippen LogP contribution in [0.5, 0.6) is 0 Å². The number of hydrogen-bond acceptors (Lipinski definition) is 3. The standard InChI is InChI=1S/C20H22ClN3O2.ClH/c1-22-16-10-12-24(13-11-16)20(26)17-4-2-3-5-18(17)23-19(25)14-6-8-15(21)9-7-14;/h2-9,16,22H,10-13H2,1H3,(H,23,25);1H. The fourth-order valence-electron chi connectivity index (χ4n) is 3.12. The lowest BCUT2D eigenvalue weighted by Gasteiger charge is -2.32. The lowest BCUT2D eigenvalue weighted by molar-refractivity contribution is 0.0708. The number of amides is 2. The molecule has 2 aromatic rings. The van der Waals surface area contributed by atoms with Crippen LogP contribution in [0, 0.1) is 0 Å². The summed E-state index contributed by atoms with van der Waals surface area (Å²) >= 11 is 5.86. The van der Waals surface area contributed by atoms with E-state index in [1.54, 1.807) is 36.4 Å². The molecule has 2 amide bonds. The summed E-state index contributed by atoms with van der Waals surface area (Å²) in [5.74, 6) is -0.317. The molecule has 1 fully saturated rings. The third kappa shape index (κ3) is 5.22. The molecule has 5 nitrogen and oxygen atoms in total. The summed E-state index contributed by atoms with van der Waals surface area (Å²) in [6.07, 6.45) is 1.86. The molecule has 1 aliphatic heterocycles. The average molecular weight is 408 g/mol. The van der Waals surface area contributed by atoms with Gasteiger partial charge >= 0.3 is 0 Å². The second-order valence-corrected chi connectivity index (χ2v) is 6.80. The second-order valence-electron chi connectivity index (χ2n) is 6.36. The Morgan fingerprint density at radius 1 is 1.04 bits per heavy atom. The summed E-state index contributed by atoms with van der Waals surface area (Å²) in [6.45, 7) is 1.42. The highest BCUT2D eigenvalue weighted by atomic mass is 35.5. The summed E-state index contributed by atoms with van der Waals surface area (Å²) in [5, 5.41) is 6.67. The van der Waals surface area contributed by atoms with Gasteiger partial charge in [-0.15, -0.1) is 12.4 Å². The van der Waals surface area contributed by atoms with Crippen LogP contribution in [-0.2, 0) is 0 Å². The molecule has 2 aromatic carbocycles. The van der Waals surface area contributed by atoms with E-state index in [1.165, 1.54) is 0 Å². The first-order valence-corrected chi connectivity index (χ1v) is 9.09. The first kappa shape index (κ1) is 21.2. The van der Waals surface area contributed by atoms with E-state index in [4.69, 9.17) is 11.6 Å². The van der Waals surface area contributed by atoms with E-state index < -0.39 is 0 Å². The van der Waals surface area contributed by atoms with Gasteiger partial charge in [0.1, 0.15) is 0 Å². The molecule has 1 saturated heterocycles. The number of para-hydroxylation sites is 1. The number of hydrogen-bond donors (Lipinski definition) is 2. The molecule has 0 aromatic heterocycles. The molecule has 1 heterocycles. The fourth-order valence-corrected chi connectivity index (χ4v) is 3.24. The zero-order valence-electron chi connectivity index (χ0n) is 15.1. The maximum absolute atomic E-state index is 12.9. The lowest BCUT2D eigenvalue weighted by atomic mass is 10.0. The molecule has 144 valence electrons. The first-order chi connectivity index (χ1) is 12.6. The minimum absolute atomic E-state index is 0. The predicted molar refractivity (Wildman–Crippen MR) is 111 cm³/mol. The fraction of sp³-hybridized carbons (Fsp3) is 0.300. The zero-order chi connectivity index (χ0) is 18.5. The van der Waals surface area contributed by atoms with Gasteiger partial charge in [-0.25, -0.2) is 0 Å². The Morgan fingerprint density at radius 3 is 2.30 bits per heavy atom. The molecule has 1 aliphatic rings. The largest absolute Gasteiger partial charge is 0.338 e. The first-order valence-electron chi connectivity index (χ1n) is 8.71. The Kier molecular flexibility index (Phi) is 7.66. The van der Waals surface area contributed by atoms with Crippen LogP contribution < -0.4 is 10.6 Å². The van der Waals surface area contributed by atoms with Gasteiger partial charge in [0.15, 0.2) is 0 Å². The van der Waals surface area contributed by atoms with Gasteiger partial charge < -0.3 is 15.5 Å². The molecule has 3 rings (SSSR count). The maximum Gasteiger partial charge on any atom is 0.255 e. The van der Waals surface area contributed by atoms with Gasteiger partial charge in [0.2, 0.25) is 0 Å². The van der Waals surface area contributed by atoms with Crippen molar-refractivity contribution in [3.63, 3.8) is 0 Å². The van der Waals surface area contributed by atoms with Crippen LogP contribution in [0.4, 0.5) is 5.69 Å². The molecule has 0 radical (unpaired) electrons. The van der Waals surface area contributed by atoms with Crippen molar-refractivity contribution in [2.24, 2.45) is 0 Å². The number of piperidine rings is 1. The summed E-state index contributed by atoms with van der Waals surface area (Å²) in [7, 11) is 1.95. The van der Waals surface area contributed by atoms with Crippen LogP contribution in [0.3, 0.4) is 0 Å². The van der Waals surface area contributed by atoms with Crippen LogP contribution in [0.1, 0.15) is 33.6 Å². The van der Waals surface area contributed by atoms with Crippen molar-refractivity contribution in [1.29, 1.82) is 0 Å². The molecule has 27 heavy (non-hydrogen) atoms. The average Bonchev–Trinajstić information content (AvgIpc) is 2.68. The highest BCUT2D eigenvalue weighted by Crippen LogP contribution is 2.21. The Morgan fingerprint density at radius 2 is 1.67 bits per heavy atom. The number of likely N-dealkylation sites (tertiary alicyclic amines) is 1. The molecular weight excluding hydrogens is 385 g/mol. The van der Waals surface area contributed by atoms with Gasteiger partial charge in [0.25, 0.3) is 11.8 Å². The van der Waals surface area contributed by atoms with E-state index in [-0.39, 0.29) is 24.2 Å². The summed E-state index contributed by atoms with van der Waals surface area (Å²) < 4.78 is 0. The molecular formula is C20H23Cl2N3O2. The Bertz CT molecular complexity index is 788. The van der Waals surface area contributed by atoms with Gasteiger partial charge in [-0.3, -0.25) is 9.59 Å². The van der Waals surface area contributed by atoms with E-state index >= 15 is 0 Å². The quantitative estimate of drug-likeness (QED) is 0.808. The minimum atomic E-state index is -0.268. The predicted octanol–water partition coefficient (Wildman–Crippen LogP) is 3.84. The number of nitrogens with one attached hydrogen (secondary N) is 2. The van der Waals surface area contributed by atoms with E-state index in [1.807, 2.05) is 24.1 Å². The molecule has 2 N–H and O–H groups in total. The highest BCUT2D eigenvalue weighted by Gasteiger charge is 2.24. The van der Waals surface area contributed by atoms with Crippen molar-refractivity contribution in [3.05, 3.63) is 64.7 Å². The van der Waals surface area contributed by atoms with Crippen LogP contribution >= 0.6 is 24.0 Å². The second kappa shape index (κ2) is 9.74. The normalized spacial score (nSPS) is 14.4. The van der Waals surface area contributed by atoms with Crippen LogP contribution in [0.2, 0.25) is 5.02 Å². The minimum Gasteiger partial charge on any atom is -0.338 e. The highest BCUT2D eigenvalue weighted by molar-refractivity contribution is 6.30. The molecule has 0 atom stereocenters. The van der Waals surface area contributed by atoms with Crippen LogP contribution in [-0.4, -0.2) is 42.9 Å². The van der Waals surface area contributed by atoms with E-state index in [9.17, 15) is 9.59 Å². The lowest BCUT2D eigenvalue weighted by Crippen LogP contribution is -2.44. The van der Waals surface area contributed by atoms with Crippen molar-refractivity contribution < 1.29 is 9.59 Å². The van der Waals surface area contributed by atoms with Crippen LogP contribution in [0.25, 0.3) is 0 Å². The van der Waals surface area contributed by atoms with Gasteiger partial charge in [0.05, 0.1) is 11.3 Å². The van der Waals surface area contributed by atoms with E-state index in [0.717, 1.165) is 12.8 Å². The van der Waals surface area contributed by atoms with Crippen molar-refractivity contribution >= 4 is 41.5 Å². The number of benzene rings is 2. The van der Waals surface area contributed by atoms with E-state index in [2.05, 4.69) is 10.6 Å². The molecule has 0 unspecified atom stereocenters. The molecule has 0 aliphatic carbocycles. The smallest absolute Gasteiger partial charge is 0.255 e. The zero-order valence-corrected chi connectivity index (χ0v) is 16.6. The molecule has 0 spiro atoms. The van der Waals surface area contributed by atoms with Gasteiger partial charge in [-0.1, -0.05) is 23.7 Å². The number of carbonyl (C=O) groups excluding carboxylic acids is 2. The Labute approximate surface area is 170 Å². The maximum atomic E-state index is 12.9. The number of halogens is 2. The third-order valence-electron chi connectivity index (χ3n) is 4.70. The molecule has 7 heteroatoms.